The van der Waals surface area contributed by atoms with Crippen LogP contribution in [0.3, 0.4) is 0 Å². The molecule has 0 radical (unpaired) electrons. The van der Waals surface area contributed by atoms with Crippen LogP contribution in [0.4, 0.5) is 13.2 Å². The molecule has 8 heteroatoms. The molecule has 1 aromatic heterocycles. The van der Waals surface area contributed by atoms with Gasteiger partial charge in [-0.2, -0.15) is 13.2 Å². The molecule has 1 fully saturated rings. The average molecular weight is 344 g/mol. The molecule has 0 saturated carbocycles. The third kappa shape index (κ3) is 3.16. The third-order valence-corrected chi connectivity index (χ3v) is 4.87. The largest absolute Gasteiger partial charge is 0.449 e. The molecule has 0 spiro atoms. The van der Waals surface area contributed by atoms with E-state index in [1.54, 1.807) is 4.90 Å². The van der Waals surface area contributed by atoms with Crippen LogP contribution in [-0.4, -0.2) is 46.0 Å². The van der Waals surface area contributed by atoms with Crippen LogP contribution in [0.2, 0.25) is 0 Å². The summed E-state index contributed by atoms with van der Waals surface area (Å²) in [6.45, 7) is 6.05. The molecular weight excluding hydrogens is 321 g/mol. The second-order valence-electron chi connectivity index (χ2n) is 6.89. The molecule has 1 N–H and O–H groups in total. The van der Waals surface area contributed by atoms with Crippen molar-refractivity contribution in [2.45, 2.75) is 51.9 Å². The Hall–Kier alpha value is -1.57. The van der Waals surface area contributed by atoms with Crippen LogP contribution >= 0.6 is 0 Å². The lowest BCUT2D eigenvalue weighted by Gasteiger charge is -2.35. The fourth-order valence-electron chi connectivity index (χ4n) is 3.49. The molecule has 24 heavy (non-hydrogen) atoms. The number of carbonyl (C=O) groups is 1. The van der Waals surface area contributed by atoms with E-state index in [1.807, 2.05) is 0 Å². The van der Waals surface area contributed by atoms with Crippen molar-refractivity contribution >= 4 is 5.91 Å². The molecule has 2 aliphatic rings. The monoisotopic (exact) mass is 344 g/mol. The molecule has 1 saturated heterocycles. The smallest absolute Gasteiger partial charge is 0.334 e. The van der Waals surface area contributed by atoms with Gasteiger partial charge in [0.15, 0.2) is 0 Å². The van der Waals surface area contributed by atoms with Crippen molar-refractivity contribution < 1.29 is 18.0 Å². The highest BCUT2D eigenvalue weighted by Crippen LogP contribution is 2.33. The zero-order chi connectivity index (χ0) is 17.5. The van der Waals surface area contributed by atoms with Crippen molar-refractivity contribution in [3.8, 4) is 0 Å². The fourth-order valence-corrected chi connectivity index (χ4v) is 3.49. The van der Waals surface area contributed by atoms with E-state index in [2.05, 4.69) is 24.1 Å². The molecule has 5 nitrogen and oxygen atoms in total. The van der Waals surface area contributed by atoms with Gasteiger partial charge in [-0.15, -0.1) is 0 Å². The van der Waals surface area contributed by atoms with Gasteiger partial charge in [0, 0.05) is 32.2 Å². The molecule has 0 bridgehead atoms. The van der Waals surface area contributed by atoms with Crippen molar-refractivity contribution in [1.29, 1.82) is 0 Å². The first-order valence-electron chi connectivity index (χ1n) is 8.48. The van der Waals surface area contributed by atoms with Gasteiger partial charge in [-0.05, 0) is 25.2 Å². The Morgan fingerprint density at radius 2 is 2.04 bits per heavy atom. The third-order valence-electron chi connectivity index (χ3n) is 4.87. The number of aromatic nitrogens is 2. The summed E-state index contributed by atoms with van der Waals surface area (Å²) in [6.07, 6.45) is -2.58. The van der Waals surface area contributed by atoms with Gasteiger partial charge >= 0.3 is 6.18 Å². The van der Waals surface area contributed by atoms with Crippen molar-refractivity contribution in [3.05, 3.63) is 17.2 Å². The molecule has 3 heterocycles. The molecule has 0 aliphatic carbocycles. The molecule has 134 valence electrons. The van der Waals surface area contributed by atoms with Crippen molar-refractivity contribution in [2.24, 2.45) is 5.92 Å². The molecule has 0 aromatic carbocycles. The quantitative estimate of drug-likeness (QED) is 0.896. The lowest BCUT2D eigenvalue weighted by Crippen LogP contribution is -2.54. The summed E-state index contributed by atoms with van der Waals surface area (Å²) in [5.74, 6) is -0.957. The van der Waals surface area contributed by atoms with Gasteiger partial charge in [0.1, 0.15) is 5.69 Å². The highest BCUT2D eigenvalue weighted by Gasteiger charge is 2.41. The number of halogens is 3. The summed E-state index contributed by atoms with van der Waals surface area (Å²) < 4.78 is 40.9. The minimum atomic E-state index is -4.53. The first kappa shape index (κ1) is 17.3. The molecule has 1 aromatic rings. The van der Waals surface area contributed by atoms with Crippen LogP contribution in [0.1, 0.15) is 48.7 Å². The number of fused-ring (bicyclic) bond motifs is 1. The van der Waals surface area contributed by atoms with Crippen LogP contribution in [0, 0.1) is 5.92 Å². The van der Waals surface area contributed by atoms with E-state index in [0.29, 0.717) is 44.1 Å². The van der Waals surface area contributed by atoms with E-state index < -0.39 is 12.0 Å². The first-order valence-corrected chi connectivity index (χ1v) is 8.48. The number of imidazole rings is 1. The Kier molecular flexibility index (Phi) is 4.59. The van der Waals surface area contributed by atoms with Crippen LogP contribution < -0.4 is 5.32 Å². The van der Waals surface area contributed by atoms with E-state index in [4.69, 9.17) is 0 Å². The summed E-state index contributed by atoms with van der Waals surface area (Å²) in [7, 11) is 0. The van der Waals surface area contributed by atoms with E-state index in [0.717, 1.165) is 6.42 Å². The molecule has 1 atom stereocenters. The first-order chi connectivity index (χ1) is 11.3. The Morgan fingerprint density at radius 1 is 1.29 bits per heavy atom. The van der Waals surface area contributed by atoms with Gasteiger partial charge in [-0.3, -0.25) is 4.79 Å². The predicted molar refractivity (Wildman–Crippen MR) is 82.7 cm³/mol. The van der Waals surface area contributed by atoms with Crippen LogP contribution in [-0.2, 0) is 19.1 Å². The zero-order valence-electron chi connectivity index (χ0n) is 14.0. The normalized spacial score (nSPS) is 21.9. The number of carbonyl (C=O) groups excluding carboxylic acids is 1. The fraction of sp³-hybridized carbons (Fsp3) is 0.750. The molecule has 1 amide bonds. The van der Waals surface area contributed by atoms with Gasteiger partial charge in [-0.1, -0.05) is 13.8 Å². The minimum absolute atomic E-state index is 0.00793. The highest BCUT2D eigenvalue weighted by atomic mass is 19.4. The number of hydrogen-bond donors (Lipinski definition) is 1. The van der Waals surface area contributed by atoms with Crippen LogP contribution in [0.25, 0.3) is 0 Å². The Balaban J connectivity index is 1.91. The van der Waals surface area contributed by atoms with Crippen LogP contribution in [0.15, 0.2) is 0 Å². The standard InChI is InChI=1S/C16H23F3N4O/c1-10(2)11-9-22(8-6-20-11)14(24)13-12-5-3-4-7-23(12)15(21-13)16(17,18)19/h10-11,20H,3-9H2,1-2H3/t11-/m1/s1. The average Bonchev–Trinajstić information content (AvgIpc) is 2.94. The number of piperazine rings is 1. The topological polar surface area (TPSA) is 50.2 Å². The molecular formula is C16H23F3N4O. The van der Waals surface area contributed by atoms with Gasteiger partial charge in [0.2, 0.25) is 5.82 Å². The number of rotatable bonds is 2. The van der Waals surface area contributed by atoms with Gasteiger partial charge in [-0.25, -0.2) is 4.98 Å². The second-order valence-corrected chi connectivity index (χ2v) is 6.89. The Morgan fingerprint density at radius 3 is 2.71 bits per heavy atom. The predicted octanol–water partition coefficient (Wildman–Crippen LogP) is 2.31. The number of alkyl halides is 3. The number of nitrogens with one attached hydrogen (secondary N) is 1. The lowest BCUT2D eigenvalue weighted by atomic mass is 10.0. The van der Waals surface area contributed by atoms with Crippen molar-refractivity contribution in [3.63, 3.8) is 0 Å². The van der Waals surface area contributed by atoms with Crippen molar-refractivity contribution in [2.75, 3.05) is 19.6 Å². The zero-order valence-corrected chi connectivity index (χ0v) is 14.0. The summed E-state index contributed by atoms with van der Waals surface area (Å²) in [5.41, 5.74) is 0.435. The number of amides is 1. The number of nitrogens with zero attached hydrogens (tertiary/aromatic N) is 3. The van der Waals surface area contributed by atoms with Gasteiger partial charge in [0.05, 0.1) is 5.69 Å². The molecule has 3 rings (SSSR count). The van der Waals surface area contributed by atoms with E-state index in [-0.39, 0.29) is 24.2 Å². The molecule has 0 unspecified atom stereocenters. The Bertz CT molecular complexity index is 624. The second kappa shape index (κ2) is 6.38. The molecule has 2 aliphatic heterocycles. The highest BCUT2D eigenvalue weighted by molar-refractivity contribution is 5.93. The van der Waals surface area contributed by atoms with Crippen LogP contribution in [0.5, 0.6) is 0 Å². The maximum Gasteiger partial charge on any atom is 0.449 e. The lowest BCUT2D eigenvalue weighted by molar-refractivity contribution is -0.147. The summed E-state index contributed by atoms with van der Waals surface area (Å²) in [6, 6.07) is 0.156. The summed E-state index contributed by atoms with van der Waals surface area (Å²) in [5, 5.41) is 3.35. The van der Waals surface area contributed by atoms with E-state index in [1.165, 1.54) is 4.57 Å². The van der Waals surface area contributed by atoms with Gasteiger partial charge < -0.3 is 14.8 Å². The van der Waals surface area contributed by atoms with Gasteiger partial charge in [0.25, 0.3) is 5.91 Å². The summed E-state index contributed by atoms with van der Waals surface area (Å²) >= 11 is 0. The van der Waals surface area contributed by atoms with E-state index in [9.17, 15) is 18.0 Å². The summed E-state index contributed by atoms with van der Waals surface area (Å²) in [4.78, 5) is 18.2. The van der Waals surface area contributed by atoms with Crippen molar-refractivity contribution in [1.82, 2.24) is 19.8 Å². The maximum atomic E-state index is 13.2. The number of hydrogen-bond acceptors (Lipinski definition) is 3. The minimum Gasteiger partial charge on any atom is -0.334 e. The SMILES string of the molecule is CC(C)[C@H]1CN(C(=O)c2nc(C(F)(F)F)n3c2CCCC3)CCN1. The Labute approximate surface area is 139 Å². The van der Waals surface area contributed by atoms with E-state index >= 15 is 0 Å². The maximum absolute atomic E-state index is 13.2.